The Morgan fingerprint density at radius 2 is 1.82 bits per heavy atom. The van der Waals surface area contributed by atoms with Crippen LogP contribution in [0.5, 0.6) is 0 Å². The molecule has 0 rings (SSSR count). The third kappa shape index (κ3) is 10.3. The summed E-state index contributed by atoms with van der Waals surface area (Å²) in [7, 11) is -3.32. The van der Waals surface area contributed by atoms with Crippen LogP contribution < -0.4 is 0 Å². The average molecular weight is 260 g/mol. The van der Waals surface area contributed by atoms with Crippen molar-refractivity contribution in [2.24, 2.45) is 0 Å². The molecule has 0 N–H and O–H groups in total. The van der Waals surface area contributed by atoms with E-state index in [0.717, 1.165) is 31.9 Å². The van der Waals surface area contributed by atoms with E-state index >= 15 is 0 Å². The lowest BCUT2D eigenvalue weighted by Crippen LogP contribution is -2.02. The van der Waals surface area contributed by atoms with Gasteiger partial charge in [-0.1, -0.05) is 37.1 Å². The summed E-state index contributed by atoms with van der Waals surface area (Å²) in [6.07, 6.45) is 9.19. The molecule has 3 nitrogen and oxygen atoms in total. The van der Waals surface area contributed by atoms with Crippen molar-refractivity contribution in [1.29, 1.82) is 0 Å². The molecular weight excluding hydrogens is 236 g/mol. The van der Waals surface area contributed by atoms with E-state index in [-0.39, 0.29) is 6.61 Å². The summed E-state index contributed by atoms with van der Waals surface area (Å²) in [5.74, 6) is 0. The molecule has 0 saturated heterocycles. The molecule has 17 heavy (non-hydrogen) atoms. The Balaban J connectivity index is 4.11. The van der Waals surface area contributed by atoms with Crippen LogP contribution in [0.4, 0.5) is 0 Å². The van der Waals surface area contributed by atoms with E-state index in [0.29, 0.717) is 0 Å². The smallest absolute Gasteiger partial charge is 0.264 e. The number of rotatable bonds is 8. The van der Waals surface area contributed by atoms with Crippen molar-refractivity contribution >= 4 is 10.1 Å². The zero-order valence-corrected chi connectivity index (χ0v) is 12.1. The third-order valence-corrected chi connectivity index (χ3v) is 3.19. The first-order chi connectivity index (χ1) is 7.89. The normalized spacial score (nSPS) is 14.1. The van der Waals surface area contributed by atoms with Crippen LogP contribution in [0.2, 0.25) is 0 Å². The van der Waals surface area contributed by atoms with Gasteiger partial charge in [0.05, 0.1) is 12.9 Å². The predicted octanol–water partition coefficient (Wildman–Crippen LogP) is 3.44. The maximum Gasteiger partial charge on any atom is 0.264 e. The fourth-order valence-electron chi connectivity index (χ4n) is 1.35. The largest absolute Gasteiger partial charge is 0.266 e. The highest BCUT2D eigenvalue weighted by Crippen LogP contribution is 2.12. The van der Waals surface area contributed by atoms with Gasteiger partial charge in [0.15, 0.2) is 0 Å². The molecule has 0 spiro atoms. The Morgan fingerprint density at radius 1 is 1.18 bits per heavy atom. The summed E-state index contributed by atoms with van der Waals surface area (Å²) in [5, 5.41) is 0. The third-order valence-electron chi connectivity index (χ3n) is 2.62. The maximum absolute atomic E-state index is 10.8. The quantitative estimate of drug-likeness (QED) is 0.496. The molecule has 100 valence electrons. The second-order valence-corrected chi connectivity index (χ2v) is 5.79. The minimum absolute atomic E-state index is 0.151. The van der Waals surface area contributed by atoms with E-state index in [1.165, 1.54) is 11.1 Å². The minimum Gasteiger partial charge on any atom is -0.266 e. The summed E-state index contributed by atoms with van der Waals surface area (Å²) in [5.41, 5.74) is 2.64. The van der Waals surface area contributed by atoms with Crippen LogP contribution >= 0.6 is 0 Å². The maximum atomic E-state index is 10.8. The molecule has 0 fully saturated rings. The summed E-state index contributed by atoms with van der Waals surface area (Å²) >= 11 is 0. The van der Waals surface area contributed by atoms with E-state index in [1.54, 1.807) is 0 Å². The number of hydrogen-bond donors (Lipinski definition) is 0. The Kier molecular flexibility index (Phi) is 8.17. The fourth-order valence-corrected chi connectivity index (χ4v) is 1.66. The van der Waals surface area contributed by atoms with Crippen LogP contribution in [-0.2, 0) is 14.3 Å². The lowest BCUT2D eigenvalue weighted by Gasteiger charge is -2.03. The van der Waals surface area contributed by atoms with E-state index in [2.05, 4.69) is 26.8 Å². The molecule has 0 aliphatic rings. The summed E-state index contributed by atoms with van der Waals surface area (Å²) in [6.45, 7) is 6.49. The minimum atomic E-state index is -3.32. The van der Waals surface area contributed by atoms with Crippen LogP contribution in [-0.4, -0.2) is 21.3 Å². The van der Waals surface area contributed by atoms with Gasteiger partial charge in [0.1, 0.15) is 0 Å². The molecule has 0 aromatic heterocycles. The second kappa shape index (κ2) is 8.48. The standard InChI is InChI=1S/C13H24O3S/c1-5-12(3)8-7-9-13(6-2)10-11-16-17(4,14)15/h8,10H,5-7,9,11H2,1-4H3/b12-8-,13-10+. The van der Waals surface area contributed by atoms with Crippen molar-refractivity contribution in [2.75, 3.05) is 12.9 Å². The van der Waals surface area contributed by atoms with Crippen molar-refractivity contribution < 1.29 is 12.6 Å². The summed E-state index contributed by atoms with van der Waals surface area (Å²) < 4.78 is 26.3. The van der Waals surface area contributed by atoms with Crippen molar-refractivity contribution in [1.82, 2.24) is 0 Å². The molecule has 0 amide bonds. The van der Waals surface area contributed by atoms with Gasteiger partial charge < -0.3 is 0 Å². The molecule has 0 aromatic carbocycles. The van der Waals surface area contributed by atoms with E-state index < -0.39 is 10.1 Å². The molecule has 0 aliphatic heterocycles. The average Bonchev–Trinajstić information content (AvgIpc) is 2.25. The van der Waals surface area contributed by atoms with Crippen LogP contribution in [0.3, 0.4) is 0 Å². The molecule has 0 aromatic rings. The molecule has 0 radical (unpaired) electrons. The second-order valence-electron chi connectivity index (χ2n) is 4.15. The van der Waals surface area contributed by atoms with Gasteiger partial charge in [-0.3, -0.25) is 4.18 Å². The van der Waals surface area contributed by atoms with Crippen molar-refractivity contribution in [3.63, 3.8) is 0 Å². The van der Waals surface area contributed by atoms with Gasteiger partial charge >= 0.3 is 0 Å². The van der Waals surface area contributed by atoms with Gasteiger partial charge in [-0.05, 0) is 32.6 Å². The Morgan fingerprint density at radius 3 is 2.29 bits per heavy atom. The van der Waals surface area contributed by atoms with Crippen LogP contribution in [0.15, 0.2) is 23.3 Å². The van der Waals surface area contributed by atoms with Crippen LogP contribution in [0, 0.1) is 0 Å². The van der Waals surface area contributed by atoms with Gasteiger partial charge in [0.2, 0.25) is 0 Å². The van der Waals surface area contributed by atoms with E-state index in [9.17, 15) is 8.42 Å². The van der Waals surface area contributed by atoms with Crippen molar-refractivity contribution in [3.05, 3.63) is 23.3 Å². The highest BCUT2D eigenvalue weighted by atomic mass is 32.2. The topological polar surface area (TPSA) is 43.4 Å². The Bertz CT molecular complexity index is 364. The molecule has 0 atom stereocenters. The monoisotopic (exact) mass is 260 g/mol. The van der Waals surface area contributed by atoms with Gasteiger partial charge in [0, 0.05) is 0 Å². The predicted molar refractivity (Wildman–Crippen MR) is 72.5 cm³/mol. The number of hydrogen-bond acceptors (Lipinski definition) is 3. The molecular formula is C13H24O3S. The zero-order valence-electron chi connectivity index (χ0n) is 11.3. The Labute approximate surface area is 106 Å². The molecule has 0 bridgehead atoms. The molecule has 0 heterocycles. The van der Waals surface area contributed by atoms with Gasteiger partial charge in [-0.15, -0.1) is 0 Å². The van der Waals surface area contributed by atoms with Crippen molar-refractivity contribution in [2.45, 2.75) is 46.5 Å². The van der Waals surface area contributed by atoms with Crippen LogP contribution in [0.1, 0.15) is 46.5 Å². The van der Waals surface area contributed by atoms with E-state index in [1.807, 2.05) is 6.08 Å². The SMILES string of the molecule is CC/C(C)=C\CC/C(=C/COS(C)(=O)=O)CC. The summed E-state index contributed by atoms with van der Waals surface area (Å²) in [6, 6.07) is 0. The molecule has 4 heteroatoms. The van der Waals surface area contributed by atoms with Gasteiger partial charge in [-0.25, -0.2) is 0 Å². The Hall–Kier alpha value is -0.610. The van der Waals surface area contributed by atoms with Crippen LogP contribution in [0.25, 0.3) is 0 Å². The van der Waals surface area contributed by atoms with E-state index in [4.69, 9.17) is 4.18 Å². The lowest BCUT2D eigenvalue weighted by molar-refractivity contribution is 0.360. The zero-order chi connectivity index (χ0) is 13.3. The van der Waals surface area contributed by atoms with Gasteiger partial charge in [-0.2, -0.15) is 8.42 Å². The summed E-state index contributed by atoms with van der Waals surface area (Å²) in [4.78, 5) is 0. The van der Waals surface area contributed by atoms with Gasteiger partial charge in [0.25, 0.3) is 10.1 Å². The first kappa shape index (κ1) is 16.4. The first-order valence-corrected chi connectivity index (χ1v) is 7.88. The number of allylic oxidation sites excluding steroid dienone is 3. The van der Waals surface area contributed by atoms with Crippen molar-refractivity contribution in [3.8, 4) is 0 Å². The fraction of sp³-hybridized carbons (Fsp3) is 0.692. The molecule has 0 saturated carbocycles. The highest BCUT2D eigenvalue weighted by molar-refractivity contribution is 7.85. The molecule has 0 unspecified atom stereocenters. The lowest BCUT2D eigenvalue weighted by atomic mass is 10.1. The highest BCUT2D eigenvalue weighted by Gasteiger charge is 2.00. The first-order valence-electron chi connectivity index (χ1n) is 6.07. The molecule has 0 aliphatic carbocycles.